The zero-order valence-electron chi connectivity index (χ0n) is 7.68. The Morgan fingerprint density at radius 3 is 2.73 bits per heavy atom. The molecule has 0 aliphatic carbocycles. The summed E-state index contributed by atoms with van der Waals surface area (Å²) in [5.41, 5.74) is 1.37. The third kappa shape index (κ3) is 2.13. The highest BCUT2D eigenvalue weighted by Gasteiger charge is 2.16. The Balaban J connectivity index is 2.37. The number of carbonyl (C=O) groups excluding carboxylic acids is 1. The molecule has 0 radical (unpaired) electrons. The zero-order chi connectivity index (χ0) is 10.7. The second-order valence-corrected chi connectivity index (χ2v) is 4.19. The van der Waals surface area contributed by atoms with Crippen LogP contribution in [0, 0.1) is 0 Å². The number of alkyl halides is 1. The fourth-order valence-corrected chi connectivity index (χ4v) is 2.41. The molecule has 1 heterocycles. The van der Waals surface area contributed by atoms with Crippen LogP contribution in [0.4, 0.5) is 0 Å². The van der Waals surface area contributed by atoms with Gasteiger partial charge in [-0.2, -0.15) is 0 Å². The van der Waals surface area contributed by atoms with Crippen LogP contribution in [0.2, 0.25) is 0 Å². The topological polar surface area (TPSA) is 42.9 Å². The Kier molecular flexibility index (Phi) is 3.23. The first-order valence-electron chi connectivity index (χ1n) is 4.30. The number of carbonyl (C=O) groups is 1. The van der Waals surface area contributed by atoms with Crippen molar-refractivity contribution >= 4 is 33.2 Å². The van der Waals surface area contributed by atoms with Crippen LogP contribution in [0.1, 0.15) is 20.9 Å². The van der Waals surface area contributed by atoms with Crippen LogP contribution in [0.3, 0.4) is 0 Å². The van der Waals surface area contributed by atoms with E-state index in [9.17, 15) is 4.79 Å². The van der Waals surface area contributed by atoms with Crippen LogP contribution in [0.25, 0.3) is 0 Å². The molecule has 0 aliphatic heterocycles. The SMILES string of the molecule is O=C(c1ccccc1)c1snnc1CBr. The molecule has 0 saturated heterocycles. The van der Waals surface area contributed by atoms with E-state index in [4.69, 9.17) is 0 Å². The summed E-state index contributed by atoms with van der Waals surface area (Å²) >= 11 is 4.42. The standard InChI is InChI=1S/C10H7BrN2OS/c11-6-8-10(15-13-12-8)9(14)7-4-2-1-3-5-7/h1-5H,6H2. The maximum atomic E-state index is 12.0. The second kappa shape index (κ2) is 4.63. The summed E-state index contributed by atoms with van der Waals surface area (Å²) in [6, 6.07) is 9.15. The molecular formula is C10H7BrN2OS. The van der Waals surface area contributed by atoms with Crippen LogP contribution >= 0.6 is 27.5 Å². The Morgan fingerprint density at radius 2 is 2.07 bits per heavy atom. The molecule has 1 aromatic carbocycles. The molecule has 0 unspecified atom stereocenters. The Labute approximate surface area is 99.4 Å². The van der Waals surface area contributed by atoms with Crippen molar-refractivity contribution in [2.45, 2.75) is 5.33 Å². The molecule has 5 heteroatoms. The minimum absolute atomic E-state index is 0.0138. The van der Waals surface area contributed by atoms with Gasteiger partial charge in [0, 0.05) is 10.9 Å². The van der Waals surface area contributed by atoms with E-state index in [1.807, 2.05) is 18.2 Å². The van der Waals surface area contributed by atoms with E-state index >= 15 is 0 Å². The first-order chi connectivity index (χ1) is 7.33. The van der Waals surface area contributed by atoms with Crippen molar-refractivity contribution < 1.29 is 4.79 Å². The molecule has 15 heavy (non-hydrogen) atoms. The number of nitrogens with zero attached hydrogens (tertiary/aromatic N) is 2. The smallest absolute Gasteiger partial charge is 0.206 e. The maximum absolute atomic E-state index is 12.0. The zero-order valence-corrected chi connectivity index (χ0v) is 10.1. The Hall–Kier alpha value is -1.07. The third-order valence-electron chi connectivity index (χ3n) is 1.92. The number of aromatic nitrogens is 2. The average molecular weight is 283 g/mol. The summed E-state index contributed by atoms with van der Waals surface area (Å²) in [6.07, 6.45) is 0. The number of hydrogen-bond donors (Lipinski definition) is 0. The van der Waals surface area contributed by atoms with Crippen LogP contribution in [0.15, 0.2) is 30.3 Å². The first kappa shape index (κ1) is 10.4. The molecule has 0 atom stereocenters. The molecule has 0 amide bonds. The molecule has 0 N–H and O–H groups in total. The van der Waals surface area contributed by atoms with Crippen molar-refractivity contribution in [3.8, 4) is 0 Å². The fourth-order valence-electron chi connectivity index (χ4n) is 1.19. The lowest BCUT2D eigenvalue weighted by Crippen LogP contribution is -2.01. The minimum Gasteiger partial charge on any atom is -0.288 e. The molecule has 1 aromatic heterocycles. The van der Waals surface area contributed by atoms with E-state index in [0.717, 1.165) is 11.5 Å². The van der Waals surface area contributed by atoms with Crippen molar-refractivity contribution in [1.82, 2.24) is 9.59 Å². The summed E-state index contributed by atoms with van der Waals surface area (Å²) in [6.45, 7) is 0. The maximum Gasteiger partial charge on any atom is 0.206 e. The van der Waals surface area contributed by atoms with E-state index in [0.29, 0.717) is 21.5 Å². The van der Waals surface area contributed by atoms with Gasteiger partial charge in [-0.15, -0.1) is 5.10 Å². The lowest BCUT2D eigenvalue weighted by Gasteiger charge is -1.97. The minimum atomic E-state index is -0.0138. The Bertz CT molecular complexity index is 469. The molecule has 0 fully saturated rings. The van der Waals surface area contributed by atoms with Gasteiger partial charge in [0.25, 0.3) is 0 Å². The predicted molar refractivity (Wildman–Crippen MR) is 62.4 cm³/mol. The van der Waals surface area contributed by atoms with Gasteiger partial charge in [0.05, 0.1) is 5.69 Å². The summed E-state index contributed by atoms with van der Waals surface area (Å²) in [4.78, 5) is 12.6. The molecule has 0 aliphatic rings. The van der Waals surface area contributed by atoms with Crippen LogP contribution in [0.5, 0.6) is 0 Å². The number of benzene rings is 1. The average Bonchev–Trinajstić information content (AvgIpc) is 2.77. The number of halogens is 1. The van der Waals surface area contributed by atoms with Crippen LogP contribution < -0.4 is 0 Å². The van der Waals surface area contributed by atoms with Crippen LogP contribution in [-0.4, -0.2) is 15.4 Å². The van der Waals surface area contributed by atoms with E-state index in [2.05, 4.69) is 25.5 Å². The van der Waals surface area contributed by atoms with Gasteiger partial charge >= 0.3 is 0 Å². The van der Waals surface area contributed by atoms with Crippen molar-refractivity contribution in [2.24, 2.45) is 0 Å². The van der Waals surface area contributed by atoms with Gasteiger partial charge in [-0.25, -0.2) is 0 Å². The Morgan fingerprint density at radius 1 is 1.33 bits per heavy atom. The van der Waals surface area contributed by atoms with Crippen molar-refractivity contribution in [1.29, 1.82) is 0 Å². The van der Waals surface area contributed by atoms with Crippen molar-refractivity contribution in [3.05, 3.63) is 46.5 Å². The second-order valence-electron chi connectivity index (χ2n) is 2.88. The molecule has 2 aromatic rings. The summed E-state index contributed by atoms with van der Waals surface area (Å²) in [5, 5.41) is 4.44. The van der Waals surface area contributed by atoms with Gasteiger partial charge in [0.2, 0.25) is 5.78 Å². The molecule has 3 nitrogen and oxygen atoms in total. The van der Waals surface area contributed by atoms with Gasteiger partial charge in [0.15, 0.2) is 0 Å². The highest BCUT2D eigenvalue weighted by molar-refractivity contribution is 9.08. The van der Waals surface area contributed by atoms with Crippen LogP contribution in [-0.2, 0) is 5.33 Å². The van der Waals surface area contributed by atoms with E-state index in [1.165, 1.54) is 0 Å². The highest BCUT2D eigenvalue weighted by Crippen LogP contribution is 2.18. The van der Waals surface area contributed by atoms with Gasteiger partial charge in [-0.3, -0.25) is 4.79 Å². The lowest BCUT2D eigenvalue weighted by atomic mass is 10.1. The highest BCUT2D eigenvalue weighted by atomic mass is 79.9. The lowest BCUT2D eigenvalue weighted by molar-refractivity contribution is 0.104. The fraction of sp³-hybridized carbons (Fsp3) is 0.100. The van der Waals surface area contributed by atoms with Gasteiger partial charge < -0.3 is 0 Å². The molecule has 76 valence electrons. The third-order valence-corrected chi connectivity index (χ3v) is 3.22. The number of hydrogen-bond acceptors (Lipinski definition) is 4. The molecule has 0 spiro atoms. The number of rotatable bonds is 3. The number of ketones is 1. The summed E-state index contributed by atoms with van der Waals surface area (Å²) < 4.78 is 3.78. The molecule has 2 rings (SSSR count). The van der Waals surface area contributed by atoms with Gasteiger partial charge in [-0.05, 0) is 11.5 Å². The van der Waals surface area contributed by atoms with E-state index < -0.39 is 0 Å². The molecule has 0 bridgehead atoms. The summed E-state index contributed by atoms with van der Waals surface area (Å²) in [7, 11) is 0. The molecule has 0 saturated carbocycles. The monoisotopic (exact) mass is 282 g/mol. The summed E-state index contributed by atoms with van der Waals surface area (Å²) in [5.74, 6) is -0.0138. The van der Waals surface area contributed by atoms with Gasteiger partial charge in [-0.1, -0.05) is 50.8 Å². The van der Waals surface area contributed by atoms with E-state index in [1.54, 1.807) is 12.1 Å². The van der Waals surface area contributed by atoms with Crippen molar-refractivity contribution in [3.63, 3.8) is 0 Å². The van der Waals surface area contributed by atoms with Crippen molar-refractivity contribution in [2.75, 3.05) is 0 Å². The normalized spacial score (nSPS) is 10.2. The first-order valence-corrected chi connectivity index (χ1v) is 6.19. The quantitative estimate of drug-likeness (QED) is 0.642. The van der Waals surface area contributed by atoms with Gasteiger partial charge in [0.1, 0.15) is 4.88 Å². The largest absolute Gasteiger partial charge is 0.288 e. The predicted octanol–water partition coefficient (Wildman–Crippen LogP) is 2.66. The van der Waals surface area contributed by atoms with E-state index in [-0.39, 0.29) is 5.78 Å². The molecular weight excluding hydrogens is 276 g/mol.